The molecule has 0 unspecified atom stereocenters. The van der Waals surface area contributed by atoms with E-state index in [1.54, 1.807) is 13.0 Å². The second kappa shape index (κ2) is 7.31. The number of amides is 1. The van der Waals surface area contributed by atoms with Crippen LogP contribution in [0, 0.1) is 5.82 Å². The molecule has 1 amide bonds. The van der Waals surface area contributed by atoms with Crippen LogP contribution in [0.4, 0.5) is 10.2 Å². The summed E-state index contributed by atoms with van der Waals surface area (Å²) in [7, 11) is 0. The van der Waals surface area contributed by atoms with E-state index in [0.29, 0.717) is 5.56 Å². The third kappa shape index (κ3) is 4.12. The number of rotatable bonds is 5. The molecule has 1 N–H and O–H groups in total. The Morgan fingerprint density at radius 2 is 1.95 bits per heavy atom. The second-order valence-corrected chi connectivity index (χ2v) is 4.47. The lowest BCUT2D eigenvalue weighted by Crippen LogP contribution is -2.18. The van der Waals surface area contributed by atoms with Crippen molar-refractivity contribution in [2.24, 2.45) is 0 Å². The predicted octanol–water partition coefficient (Wildman–Crippen LogP) is 2.58. The summed E-state index contributed by atoms with van der Waals surface area (Å²) in [5.41, 5.74) is 0.851. The number of benzene rings is 1. The number of hydrogen-bond acceptors (Lipinski definition) is 4. The van der Waals surface area contributed by atoms with E-state index in [-0.39, 0.29) is 36.1 Å². The largest absolute Gasteiger partial charge is 0.462 e. The van der Waals surface area contributed by atoms with Crippen LogP contribution in [-0.2, 0) is 16.0 Å². The van der Waals surface area contributed by atoms with Crippen molar-refractivity contribution in [3.8, 4) is 0 Å². The van der Waals surface area contributed by atoms with E-state index in [0.717, 1.165) is 0 Å². The van der Waals surface area contributed by atoms with Gasteiger partial charge in [-0.3, -0.25) is 4.79 Å². The molecule has 1 heterocycles. The normalized spacial score (nSPS) is 10.1. The summed E-state index contributed by atoms with van der Waals surface area (Å²) < 4.78 is 17.7. The molecule has 0 saturated heterocycles. The zero-order valence-electron chi connectivity index (χ0n) is 12.0. The first kappa shape index (κ1) is 15.6. The van der Waals surface area contributed by atoms with Gasteiger partial charge < -0.3 is 10.1 Å². The lowest BCUT2D eigenvalue weighted by Gasteiger charge is -2.09. The van der Waals surface area contributed by atoms with Gasteiger partial charge >= 0.3 is 5.97 Å². The number of anilines is 1. The zero-order valence-corrected chi connectivity index (χ0v) is 12.0. The maximum Gasteiger partial charge on any atom is 0.341 e. The van der Waals surface area contributed by atoms with Gasteiger partial charge in [-0.2, -0.15) is 0 Å². The van der Waals surface area contributed by atoms with Crippen LogP contribution in [0.3, 0.4) is 0 Å². The van der Waals surface area contributed by atoms with Gasteiger partial charge in [-0.05, 0) is 36.8 Å². The van der Waals surface area contributed by atoms with Crippen LogP contribution in [0.15, 0.2) is 42.6 Å². The van der Waals surface area contributed by atoms with Gasteiger partial charge in [-0.25, -0.2) is 14.2 Å². The van der Waals surface area contributed by atoms with E-state index in [1.165, 1.54) is 36.5 Å². The number of carbonyl (C=O) groups excluding carboxylic acids is 2. The highest BCUT2D eigenvalue weighted by Gasteiger charge is 2.15. The van der Waals surface area contributed by atoms with Crippen molar-refractivity contribution >= 4 is 17.7 Å². The minimum absolute atomic E-state index is 0.0547. The molecule has 6 heteroatoms. The highest BCUT2D eigenvalue weighted by molar-refractivity contribution is 6.00. The molecule has 0 radical (unpaired) electrons. The smallest absolute Gasteiger partial charge is 0.341 e. The number of esters is 1. The summed E-state index contributed by atoms with van der Waals surface area (Å²) in [6, 6.07) is 8.74. The summed E-state index contributed by atoms with van der Waals surface area (Å²) in [6.45, 7) is 1.93. The molecule has 0 spiro atoms. The third-order valence-corrected chi connectivity index (χ3v) is 2.84. The Kier molecular flexibility index (Phi) is 5.19. The Labute approximate surface area is 127 Å². The number of carbonyl (C=O) groups is 2. The summed E-state index contributed by atoms with van der Waals surface area (Å²) in [5, 5.41) is 2.57. The molecule has 0 saturated carbocycles. The molecular formula is C16H15FN2O3. The Morgan fingerprint density at radius 1 is 1.23 bits per heavy atom. The van der Waals surface area contributed by atoms with Crippen molar-refractivity contribution in [3.05, 3.63) is 59.5 Å². The number of aromatic nitrogens is 1. The van der Waals surface area contributed by atoms with Crippen LogP contribution in [0.2, 0.25) is 0 Å². The lowest BCUT2D eigenvalue weighted by molar-refractivity contribution is -0.115. The van der Waals surface area contributed by atoms with Gasteiger partial charge in [0.25, 0.3) is 0 Å². The monoisotopic (exact) mass is 302 g/mol. The van der Waals surface area contributed by atoms with Crippen molar-refractivity contribution in [2.75, 3.05) is 11.9 Å². The van der Waals surface area contributed by atoms with Gasteiger partial charge in [0, 0.05) is 6.20 Å². The fourth-order valence-corrected chi connectivity index (χ4v) is 1.84. The van der Waals surface area contributed by atoms with Crippen molar-refractivity contribution < 1.29 is 18.7 Å². The van der Waals surface area contributed by atoms with Crippen LogP contribution in [-0.4, -0.2) is 23.5 Å². The number of hydrogen-bond donors (Lipinski definition) is 1. The molecule has 0 aliphatic heterocycles. The summed E-state index contributed by atoms with van der Waals surface area (Å²) >= 11 is 0. The highest BCUT2D eigenvalue weighted by atomic mass is 19.1. The average Bonchev–Trinajstić information content (AvgIpc) is 2.50. The fraction of sp³-hybridized carbons (Fsp3) is 0.188. The summed E-state index contributed by atoms with van der Waals surface area (Å²) in [6.07, 6.45) is 1.52. The Balaban J connectivity index is 2.08. The Hall–Kier alpha value is -2.76. The number of halogens is 1. The number of nitrogens with one attached hydrogen (secondary N) is 1. The highest BCUT2D eigenvalue weighted by Crippen LogP contribution is 2.14. The van der Waals surface area contributed by atoms with E-state index in [4.69, 9.17) is 4.74 Å². The van der Waals surface area contributed by atoms with E-state index in [9.17, 15) is 14.0 Å². The van der Waals surface area contributed by atoms with Crippen LogP contribution < -0.4 is 5.32 Å². The van der Waals surface area contributed by atoms with Crippen molar-refractivity contribution in [1.29, 1.82) is 0 Å². The predicted molar refractivity (Wildman–Crippen MR) is 78.9 cm³/mol. The molecule has 1 aromatic carbocycles. The van der Waals surface area contributed by atoms with E-state index >= 15 is 0 Å². The first-order chi connectivity index (χ1) is 10.6. The van der Waals surface area contributed by atoms with Crippen LogP contribution in [0.5, 0.6) is 0 Å². The molecule has 5 nitrogen and oxygen atoms in total. The summed E-state index contributed by atoms with van der Waals surface area (Å²) in [4.78, 5) is 27.8. The van der Waals surface area contributed by atoms with Gasteiger partial charge in [0.1, 0.15) is 17.2 Å². The van der Waals surface area contributed by atoms with E-state index in [2.05, 4.69) is 10.3 Å². The zero-order chi connectivity index (χ0) is 15.9. The molecule has 2 rings (SSSR count). The molecule has 0 atom stereocenters. The third-order valence-electron chi connectivity index (χ3n) is 2.84. The van der Waals surface area contributed by atoms with Crippen molar-refractivity contribution in [1.82, 2.24) is 4.98 Å². The van der Waals surface area contributed by atoms with Gasteiger partial charge in [0.2, 0.25) is 5.91 Å². The first-order valence-corrected chi connectivity index (χ1v) is 6.76. The first-order valence-electron chi connectivity index (χ1n) is 6.76. The van der Waals surface area contributed by atoms with Crippen molar-refractivity contribution in [3.63, 3.8) is 0 Å². The number of pyridine rings is 1. The van der Waals surface area contributed by atoms with Gasteiger partial charge in [0.15, 0.2) is 0 Å². The lowest BCUT2D eigenvalue weighted by atomic mass is 10.1. The van der Waals surface area contributed by atoms with Gasteiger partial charge in [-0.15, -0.1) is 0 Å². The van der Waals surface area contributed by atoms with E-state index < -0.39 is 5.97 Å². The van der Waals surface area contributed by atoms with Crippen LogP contribution in [0.1, 0.15) is 22.8 Å². The van der Waals surface area contributed by atoms with Crippen LogP contribution >= 0.6 is 0 Å². The second-order valence-electron chi connectivity index (χ2n) is 4.47. The van der Waals surface area contributed by atoms with E-state index in [1.807, 2.05) is 0 Å². The quantitative estimate of drug-likeness (QED) is 0.862. The Bertz CT molecular complexity index is 671. The van der Waals surface area contributed by atoms with Crippen LogP contribution in [0.25, 0.3) is 0 Å². The molecule has 0 bridgehead atoms. The fourth-order valence-electron chi connectivity index (χ4n) is 1.84. The maximum atomic E-state index is 12.8. The average molecular weight is 302 g/mol. The number of ether oxygens (including phenoxy) is 1. The number of nitrogens with zero attached hydrogens (tertiary/aromatic N) is 1. The SMILES string of the molecule is CCOC(=O)c1cccnc1NC(=O)Cc1ccc(F)cc1. The molecule has 0 aliphatic carbocycles. The van der Waals surface area contributed by atoms with Gasteiger partial charge in [0.05, 0.1) is 13.0 Å². The maximum absolute atomic E-state index is 12.8. The molecule has 1 aromatic heterocycles. The molecule has 2 aromatic rings. The minimum atomic E-state index is -0.548. The molecule has 0 aliphatic rings. The molecular weight excluding hydrogens is 287 g/mol. The topological polar surface area (TPSA) is 68.3 Å². The summed E-state index contributed by atoms with van der Waals surface area (Å²) in [5.74, 6) is -1.12. The van der Waals surface area contributed by atoms with Crippen molar-refractivity contribution in [2.45, 2.75) is 13.3 Å². The molecule has 114 valence electrons. The Morgan fingerprint density at radius 3 is 2.64 bits per heavy atom. The minimum Gasteiger partial charge on any atom is -0.462 e. The molecule has 22 heavy (non-hydrogen) atoms. The van der Waals surface area contributed by atoms with Gasteiger partial charge in [-0.1, -0.05) is 12.1 Å². The standard InChI is InChI=1S/C16H15FN2O3/c1-2-22-16(21)13-4-3-9-18-15(13)19-14(20)10-11-5-7-12(17)8-6-11/h3-9H,2,10H2,1H3,(H,18,19,20). The molecule has 0 fully saturated rings.